The second-order valence-electron chi connectivity index (χ2n) is 5.47. The number of benzene rings is 1. The fraction of sp³-hybridized carbons (Fsp3) is 0.571. The molecule has 0 saturated heterocycles. The molecule has 3 heteroatoms. The van der Waals surface area contributed by atoms with Gasteiger partial charge in [0.1, 0.15) is 0 Å². The molecule has 0 aliphatic rings. The van der Waals surface area contributed by atoms with Crippen LogP contribution >= 0.6 is 0 Å². The van der Waals surface area contributed by atoms with Crippen molar-refractivity contribution in [2.24, 2.45) is 5.84 Å². The van der Waals surface area contributed by atoms with E-state index < -0.39 is 0 Å². The highest BCUT2D eigenvalue weighted by Gasteiger charge is 2.19. The molecule has 1 rings (SSSR count). The van der Waals surface area contributed by atoms with Gasteiger partial charge in [-0.05, 0) is 17.0 Å². The van der Waals surface area contributed by atoms with Crippen LogP contribution in [-0.4, -0.2) is 13.2 Å². The average molecular weight is 235 g/mol. The minimum absolute atomic E-state index is 0.117. The lowest BCUT2D eigenvalue weighted by molar-refractivity contribution is 0.454. The number of nitrogens with two attached hydrogens (primary N) is 1. The quantitative estimate of drug-likeness (QED) is 0.306. The Labute approximate surface area is 105 Å². The number of hydrazine groups is 1. The first kappa shape index (κ1) is 14.2. The Morgan fingerprint density at radius 3 is 2.24 bits per heavy atom. The first-order chi connectivity index (χ1) is 7.97. The van der Waals surface area contributed by atoms with E-state index >= 15 is 0 Å². The van der Waals surface area contributed by atoms with Gasteiger partial charge in [0, 0.05) is 12.0 Å². The second-order valence-corrected chi connectivity index (χ2v) is 5.47. The lowest BCUT2D eigenvalue weighted by Gasteiger charge is -2.26. The zero-order valence-electron chi connectivity index (χ0n) is 11.4. The molecule has 1 aromatic carbocycles. The molecule has 17 heavy (non-hydrogen) atoms. The zero-order chi connectivity index (χ0) is 12.9. The van der Waals surface area contributed by atoms with Crippen molar-refractivity contribution in [3.05, 3.63) is 35.4 Å². The minimum Gasteiger partial charge on any atom is -0.303 e. The van der Waals surface area contributed by atoms with E-state index in [4.69, 9.17) is 5.84 Å². The van der Waals surface area contributed by atoms with Gasteiger partial charge >= 0.3 is 0 Å². The molecule has 0 aliphatic heterocycles. The summed E-state index contributed by atoms with van der Waals surface area (Å²) in [6.07, 6.45) is 0. The highest BCUT2D eigenvalue weighted by atomic mass is 15.3. The van der Waals surface area contributed by atoms with Gasteiger partial charge in [0.15, 0.2) is 0 Å². The molecule has 0 saturated carbocycles. The fourth-order valence-electron chi connectivity index (χ4n) is 1.87. The number of nitrogens with one attached hydrogen (secondary N) is 2. The highest BCUT2D eigenvalue weighted by molar-refractivity contribution is 5.29. The average Bonchev–Trinajstić information content (AvgIpc) is 2.29. The van der Waals surface area contributed by atoms with Crippen molar-refractivity contribution in [1.82, 2.24) is 10.7 Å². The van der Waals surface area contributed by atoms with Crippen molar-refractivity contribution in [1.29, 1.82) is 0 Å². The molecule has 0 spiro atoms. The number of hydrogen-bond donors (Lipinski definition) is 3. The predicted molar refractivity (Wildman–Crippen MR) is 73.7 cm³/mol. The molecule has 0 aromatic heterocycles. The molecular weight excluding hydrogens is 210 g/mol. The maximum absolute atomic E-state index is 5.24. The van der Waals surface area contributed by atoms with E-state index in [1.54, 1.807) is 0 Å². The van der Waals surface area contributed by atoms with Crippen LogP contribution in [0.15, 0.2) is 24.3 Å². The predicted octanol–water partition coefficient (Wildman–Crippen LogP) is 2.10. The normalized spacial score (nSPS) is 12.1. The van der Waals surface area contributed by atoms with Crippen LogP contribution in [0.1, 0.15) is 44.7 Å². The number of rotatable bonds is 6. The number of hydrogen-bond acceptors (Lipinski definition) is 3. The lowest BCUT2D eigenvalue weighted by Crippen LogP contribution is -2.40. The van der Waals surface area contributed by atoms with E-state index in [2.05, 4.69) is 62.7 Å². The Kier molecular flexibility index (Phi) is 5.12. The molecule has 0 unspecified atom stereocenters. The standard InChI is InChI=1S/C14H25N3/c1-11(2)12-5-7-13(8-6-12)14(3,4)9-16-10-17-15/h5-8,11,16-17H,9-10,15H2,1-4H3. The Morgan fingerprint density at radius 1 is 1.18 bits per heavy atom. The van der Waals surface area contributed by atoms with Crippen molar-refractivity contribution in [3.63, 3.8) is 0 Å². The van der Waals surface area contributed by atoms with Crippen LogP contribution in [0.25, 0.3) is 0 Å². The van der Waals surface area contributed by atoms with Crippen LogP contribution in [0.3, 0.4) is 0 Å². The summed E-state index contributed by atoms with van der Waals surface area (Å²) in [5.74, 6) is 5.83. The Hall–Kier alpha value is -0.900. The van der Waals surface area contributed by atoms with E-state index in [1.165, 1.54) is 11.1 Å². The van der Waals surface area contributed by atoms with Crippen LogP contribution < -0.4 is 16.6 Å². The Bertz CT molecular complexity index is 328. The topological polar surface area (TPSA) is 50.1 Å². The smallest absolute Gasteiger partial charge is 0.0587 e. The zero-order valence-corrected chi connectivity index (χ0v) is 11.4. The molecule has 0 aliphatic carbocycles. The van der Waals surface area contributed by atoms with Crippen LogP contribution in [0.4, 0.5) is 0 Å². The maximum Gasteiger partial charge on any atom is 0.0587 e. The summed E-state index contributed by atoms with van der Waals surface area (Å²) in [6.45, 7) is 10.4. The summed E-state index contributed by atoms with van der Waals surface area (Å²) < 4.78 is 0. The van der Waals surface area contributed by atoms with Gasteiger partial charge in [-0.3, -0.25) is 5.84 Å². The third-order valence-corrected chi connectivity index (χ3v) is 3.15. The Morgan fingerprint density at radius 2 is 1.76 bits per heavy atom. The second kappa shape index (κ2) is 6.15. The minimum atomic E-state index is 0.117. The van der Waals surface area contributed by atoms with Crippen LogP contribution in [0, 0.1) is 0 Å². The highest BCUT2D eigenvalue weighted by Crippen LogP contribution is 2.24. The van der Waals surface area contributed by atoms with Crippen LogP contribution in [-0.2, 0) is 5.41 Å². The van der Waals surface area contributed by atoms with Crippen molar-refractivity contribution in [3.8, 4) is 0 Å². The van der Waals surface area contributed by atoms with Gasteiger partial charge in [0.25, 0.3) is 0 Å². The molecule has 0 radical (unpaired) electrons. The van der Waals surface area contributed by atoms with Gasteiger partial charge in [-0.25, -0.2) is 5.43 Å². The summed E-state index contributed by atoms with van der Waals surface area (Å²) in [7, 11) is 0. The van der Waals surface area contributed by atoms with Gasteiger partial charge in [-0.2, -0.15) is 0 Å². The molecule has 0 amide bonds. The Balaban J connectivity index is 2.70. The van der Waals surface area contributed by atoms with Crippen LogP contribution in [0.2, 0.25) is 0 Å². The molecular formula is C14H25N3. The van der Waals surface area contributed by atoms with Gasteiger partial charge in [-0.15, -0.1) is 0 Å². The van der Waals surface area contributed by atoms with Gasteiger partial charge < -0.3 is 5.32 Å². The summed E-state index contributed by atoms with van der Waals surface area (Å²) in [5, 5.41) is 3.28. The fourth-order valence-corrected chi connectivity index (χ4v) is 1.87. The SMILES string of the molecule is CC(C)c1ccc(C(C)(C)CNCNN)cc1. The molecule has 96 valence electrons. The molecule has 0 heterocycles. The van der Waals surface area contributed by atoms with E-state index in [9.17, 15) is 0 Å². The van der Waals surface area contributed by atoms with Crippen molar-refractivity contribution >= 4 is 0 Å². The third kappa shape index (κ3) is 4.11. The van der Waals surface area contributed by atoms with Gasteiger partial charge in [0.05, 0.1) is 6.67 Å². The summed E-state index contributed by atoms with van der Waals surface area (Å²) in [4.78, 5) is 0. The summed E-state index contributed by atoms with van der Waals surface area (Å²) in [5.41, 5.74) is 5.47. The largest absolute Gasteiger partial charge is 0.303 e. The van der Waals surface area contributed by atoms with Crippen molar-refractivity contribution in [2.75, 3.05) is 13.2 Å². The van der Waals surface area contributed by atoms with Crippen molar-refractivity contribution < 1.29 is 0 Å². The monoisotopic (exact) mass is 235 g/mol. The van der Waals surface area contributed by atoms with Crippen molar-refractivity contribution in [2.45, 2.75) is 39.0 Å². The molecule has 0 atom stereocenters. The summed E-state index contributed by atoms with van der Waals surface area (Å²) >= 11 is 0. The third-order valence-electron chi connectivity index (χ3n) is 3.15. The molecule has 1 aromatic rings. The molecule has 4 N–H and O–H groups in total. The van der Waals surface area contributed by atoms with Gasteiger partial charge in [-0.1, -0.05) is 52.0 Å². The van der Waals surface area contributed by atoms with E-state index in [0.717, 1.165) is 6.54 Å². The molecule has 0 bridgehead atoms. The molecule has 0 fully saturated rings. The summed E-state index contributed by atoms with van der Waals surface area (Å²) in [6, 6.07) is 8.91. The van der Waals surface area contributed by atoms with E-state index in [-0.39, 0.29) is 5.41 Å². The molecule has 3 nitrogen and oxygen atoms in total. The van der Waals surface area contributed by atoms with Gasteiger partial charge in [0.2, 0.25) is 0 Å². The van der Waals surface area contributed by atoms with Crippen LogP contribution in [0.5, 0.6) is 0 Å². The maximum atomic E-state index is 5.24. The lowest BCUT2D eigenvalue weighted by atomic mass is 9.83. The first-order valence-electron chi connectivity index (χ1n) is 6.22. The van der Waals surface area contributed by atoms with E-state index in [0.29, 0.717) is 12.6 Å². The first-order valence-corrected chi connectivity index (χ1v) is 6.22. The van der Waals surface area contributed by atoms with E-state index in [1.807, 2.05) is 0 Å².